The van der Waals surface area contributed by atoms with E-state index in [-0.39, 0.29) is 6.61 Å². The highest BCUT2D eigenvalue weighted by atomic mass is 16.6. The number of rotatable bonds is 12. The summed E-state index contributed by atoms with van der Waals surface area (Å²) in [5.74, 6) is 2.36. The summed E-state index contributed by atoms with van der Waals surface area (Å²) in [5.41, 5.74) is 0.403. The third-order valence-electron chi connectivity index (χ3n) is 3.54. The smallest absolute Gasteiger partial charge is 0.407 e. The van der Waals surface area contributed by atoms with Crippen LogP contribution in [0.4, 0.5) is 4.79 Å². The highest BCUT2D eigenvalue weighted by molar-refractivity contribution is 5.92. The van der Waals surface area contributed by atoms with Crippen LogP contribution in [-0.4, -0.2) is 64.4 Å². The molecule has 8 heteroatoms. The molecule has 1 aromatic carbocycles. The Kier molecular flexibility index (Phi) is 11.3. The summed E-state index contributed by atoms with van der Waals surface area (Å²) < 4.78 is 26.4. The molecule has 0 heterocycles. The first-order valence-corrected chi connectivity index (χ1v) is 9.71. The minimum absolute atomic E-state index is 0.248. The van der Waals surface area contributed by atoms with Crippen molar-refractivity contribution in [3.63, 3.8) is 0 Å². The number of carbonyl (C=O) groups excluding carboxylic acids is 2. The number of ether oxygens (including phenoxy) is 5. The van der Waals surface area contributed by atoms with Crippen molar-refractivity contribution in [2.24, 2.45) is 0 Å². The number of carbonyl (C=O) groups is 2. The SMILES string of the molecule is C#Cc1ccc(C(=O)OC)c(OCCOCCOCCCNC(=O)OC(C)(C)C)c1. The van der Waals surface area contributed by atoms with E-state index in [1.807, 2.05) is 20.8 Å². The summed E-state index contributed by atoms with van der Waals surface area (Å²) in [5, 5.41) is 2.66. The first-order chi connectivity index (χ1) is 14.3. The van der Waals surface area contributed by atoms with Crippen LogP contribution in [0.5, 0.6) is 5.75 Å². The van der Waals surface area contributed by atoms with E-state index in [0.717, 1.165) is 0 Å². The van der Waals surface area contributed by atoms with Gasteiger partial charge < -0.3 is 29.0 Å². The average Bonchev–Trinajstić information content (AvgIpc) is 2.69. The van der Waals surface area contributed by atoms with Gasteiger partial charge in [-0.05, 0) is 45.4 Å². The largest absolute Gasteiger partial charge is 0.490 e. The molecule has 0 aromatic heterocycles. The fraction of sp³-hybridized carbons (Fsp3) is 0.545. The van der Waals surface area contributed by atoms with E-state index in [4.69, 9.17) is 30.1 Å². The highest BCUT2D eigenvalue weighted by Crippen LogP contribution is 2.21. The number of benzene rings is 1. The molecule has 1 aromatic rings. The topological polar surface area (TPSA) is 92.3 Å². The van der Waals surface area contributed by atoms with Gasteiger partial charge in [-0.3, -0.25) is 0 Å². The average molecular weight is 421 g/mol. The van der Waals surface area contributed by atoms with Crippen LogP contribution in [0.3, 0.4) is 0 Å². The van der Waals surface area contributed by atoms with E-state index >= 15 is 0 Å². The molecule has 1 rings (SSSR count). The molecule has 0 saturated carbocycles. The Morgan fingerprint density at radius 3 is 2.37 bits per heavy atom. The molecule has 0 saturated heterocycles. The molecule has 0 bridgehead atoms. The lowest BCUT2D eigenvalue weighted by molar-refractivity contribution is 0.0342. The van der Waals surface area contributed by atoms with E-state index in [0.29, 0.717) is 56.3 Å². The van der Waals surface area contributed by atoms with Crippen LogP contribution in [0.1, 0.15) is 43.1 Å². The maximum atomic E-state index is 11.8. The molecule has 0 atom stereocenters. The zero-order chi connectivity index (χ0) is 22.4. The first-order valence-electron chi connectivity index (χ1n) is 9.71. The van der Waals surface area contributed by atoms with Crippen molar-refractivity contribution < 1.29 is 33.3 Å². The van der Waals surface area contributed by atoms with Gasteiger partial charge in [-0.25, -0.2) is 9.59 Å². The summed E-state index contributed by atoms with van der Waals surface area (Å²) in [6.45, 7) is 7.80. The second-order valence-electron chi connectivity index (χ2n) is 7.20. The molecule has 8 nitrogen and oxygen atoms in total. The lowest BCUT2D eigenvalue weighted by Crippen LogP contribution is -2.33. The van der Waals surface area contributed by atoms with Crippen LogP contribution in [0.15, 0.2) is 18.2 Å². The summed E-state index contributed by atoms with van der Waals surface area (Å²) in [4.78, 5) is 23.2. The van der Waals surface area contributed by atoms with Crippen molar-refractivity contribution in [2.75, 3.05) is 46.7 Å². The lowest BCUT2D eigenvalue weighted by Gasteiger charge is -2.19. The van der Waals surface area contributed by atoms with Gasteiger partial charge in [0.25, 0.3) is 0 Å². The maximum Gasteiger partial charge on any atom is 0.407 e. The van der Waals surface area contributed by atoms with Crippen LogP contribution in [0, 0.1) is 12.3 Å². The van der Waals surface area contributed by atoms with Crippen LogP contribution in [0.25, 0.3) is 0 Å². The van der Waals surface area contributed by atoms with Crippen LogP contribution in [0.2, 0.25) is 0 Å². The lowest BCUT2D eigenvalue weighted by atomic mass is 10.1. The number of amides is 1. The van der Waals surface area contributed by atoms with Crippen LogP contribution >= 0.6 is 0 Å². The molecule has 0 aliphatic carbocycles. The number of methoxy groups -OCH3 is 1. The van der Waals surface area contributed by atoms with Crippen molar-refractivity contribution in [3.05, 3.63) is 29.3 Å². The van der Waals surface area contributed by atoms with Gasteiger partial charge in [0, 0.05) is 18.7 Å². The molecule has 166 valence electrons. The zero-order valence-electron chi connectivity index (χ0n) is 18.1. The van der Waals surface area contributed by atoms with E-state index in [2.05, 4.69) is 11.2 Å². The van der Waals surface area contributed by atoms with E-state index in [1.54, 1.807) is 18.2 Å². The Bertz CT molecular complexity index is 719. The standard InChI is InChI=1S/C22H31NO7/c1-6-17-8-9-18(20(24)26-5)19(16-17)29-15-14-28-13-12-27-11-7-10-23-21(25)30-22(2,3)4/h1,8-9,16H,7,10-15H2,2-5H3,(H,23,25). The summed E-state index contributed by atoms with van der Waals surface area (Å²) in [7, 11) is 1.30. The monoisotopic (exact) mass is 421 g/mol. The third kappa shape index (κ3) is 10.7. The Morgan fingerprint density at radius 1 is 1.07 bits per heavy atom. The van der Waals surface area contributed by atoms with Gasteiger partial charge in [-0.2, -0.15) is 0 Å². The Labute approximate surface area is 178 Å². The van der Waals surface area contributed by atoms with Crippen molar-refractivity contribution in [1.82, 2.24) is 5.32 Å². The molecule has 1 N–H and O–H groups in total. The summed E-state index contributed by atoms with van der Waals surface area (Å²) in [6, 6.07) is 4.83. The quantitative estimate of drug-likeness (QED) is 0.315. The van der Waals surface area contributed by atoms with Gasteiger partial charge in [-0.15, -0.1) is 6.42 Å². The zero-order valence-corrected chi connectivity index (χ0v) is 18.1. The number of esters is 1. The van der Waals surface area contributed by atoms with Gasteiger partial charge >= 0.3 is 12.1 Å². The minimum Gasteiger partial charge on any atom is -0.490 e. The fourth-order valence-electron chi connectivity index (χ4n) is 2.22. The van der Waals surface area contributed by atoms with Gasteiger partial charge in [0.2, 0.25) is 0 Å². The second kappa shape index (κ2) is 13.5. The summed E-state index contributed by atoms with van der Waals surface area (Å²) >= 11 is 0. The molecule has 0 aliphatic heterocycles. The van der Waals surface area contributed by atoms with Crippen molar-refractivity contribution >= 4 is 12.1 Å². The van der Waals surface area contributed by atoms with Crippen molar-refractivity contribution in [1.29, 1.82) is 0 Å². The number of hydrogen-bond acceptors (Lipinski definition) is 7. The molecular formula is C22H31NO7. The Morgan fingerprint density at radius 2 is 1.73 bits per heavy atom. The molecule has 0 aliphatic rings. The summed E-state index contributed by atoms with van der Waals surface area (Å²) in [6.07, 6.45) is 5.62. The predicted octanol–water partition coefficient (Wildman–Crippen LogP) is 2.78. The molecular weight excluding hydrogens is 390 g/mol. The van der Waals surface area contributed by atoms with Crippen LogP contribution in [-0.2, 0) is 18.9 Å². The van der Waals surface area contributed by atoms with Crippen molar-refractivity contribution in [3.8, 4) is 18.1 Å². The molecule has 0 radical (unpaired) electrons. The minimum atomic E-state index is -0.507. The van der Waals surface area contributed by atoms with E-state index in [1.165, 1.54) is 7.11 Å². The first kappa shape index (κ1) is 25.3. The van der Waals surface area contributed by atoms with Gasteiger partial charge in [-0.1, -0.05) is 5.92 Å². The van der Waals surface area contributed by atoms with Gasteiger partial charge in [0.1, 0.15) is 23.5 Å². The number of terminal acetylenes is 1. The molecule has 30 heavy (non-hydrogen) atoms. The van der Waals surface area contributed by atoms with Crippen molar-refractivity contribution in [2.45, 2.75) is 32.8 Å². The second-order valence-corrected chi connectivity index (χ2v) is 7.20. The maximum absolute atomic E-state index is 11.8. The van der Waals surface area contributed by atoms with E-state index < -0.39 is 17.7 Å². The Hall–Kier alpha value is -2.76. The number of nitrogens with one attached hydrogen (secondary N) is 1. The molecule has 1 amide bonds. The number of hydrogen-bond donors (Lipinski definition) is 1. The fourth-order valence-corrected chi connectivity index (χ4v) is 2.22. The molecule has 0 fully saturated rings. The Balaban J connectivity index is 2.12. The normalized spacial score (nSPS) is 10.8. The van der Waals surface area contributed by atoms with Gasteiger partial charge in [0.15, 0.2) is 0 Å². The highest BCUT2D eigenvalue weighted by Gasteiger charge is 2.15. The number of alkyl carbamates (subject to hydrolysis) is 1. The molecule has 0 unspecified atom stereocenters. The molecule has 0 spiro atoms. The third-order valence-corrected chi connectivity index (χ3v) is 3.54. The van der Waals surface area contributed by atoms with Gasteiger partial charge in [0.05, 0.1) is 26.9 Å². The van der Waals surface area contributed by atoms with Crippen LogP contribution < -0.4 is 10.1 Å². The predicted molar refractivity (Wildman–Crippen MR) is 112 cm³/mol. The van der Waals surface area contributed by atoms with E-state index in [9.17, 15) is 9.59 Å².